The Morgan fingerprint density at radius 2 is 1.67 bits per heavy atom. The van der Waals surface area contributed by atoms with Gasteiger partial charge in [0.2, 0.25) is 0 Å². The summed E-state index contributed by atoms with van der Waals surface area (Å²) in [4.78, 5) is 36.7. The molecule has 0 aromatic heterocycles. The quantitative estimate of drug-likeness (QED) is 0.742. The molecule has 1 aromatic rings. The van der Waals surface area contributed by atoms with Gasteiger partial charge >= 0.3 is 0 Å². The molecule has 0 heterocycles. The van der Waals surface area contributed by atoms with E-state index in [1.54, 1.807) is 13.8 Å². The Balaban J connectivity index is 2.29. The molecule has 0 unspecified atom stereocenters. The van der Waals surface area contributed by atoms with Crippen LogP contribution in [0.2, 0.25) is 0 Å². The molecule has 0 N–H and O–H groups in total. The van der Waals surface area contributed by atoms with Crippen LogP contribution in [0.3, 0.4) is 0 Å². The summed E-state index contributed by atoms with van der Waals surface area (Å²) in [7, 11) is 0. The molecule has 0 fully saturated rings. The first-order valence-corrected chi connectivity index (χ1v) is 6.76. The highest BCUT2D eigenvalue weighted by Gasteiger charge is 2.45. The van der Waals surface area contributed by atoms with Crippen molar-refractivity contribution in [1.82, 2.24) is 0 Å². The lowest BCUT2D eigenvalue weighted by molar-refractivity contribution is -0.121. The molecule has 0 saturated carbocycles. The minimum atomic E-state index is -1.10. The molecule has 3 heteroatoms. The third kappa shape index (κ3) is 1.85. The van der Waals surface area contributed by atoms with E-state index in [1.807, 2.05) is 30.3 Å². The second kappa shape index (κ2) is 4.48. The summed E-state index contributed by atoms with van der Waals surface area (Å²) in [6.07, 6.45) is 5.59. The Morgan fingerprint density at radius 3 is 2.43 bits per heavy atom. The van der Waals surface area contributed by atoms with Gasteiger partial charge in [-0.15, -0.1) is 0 Å². The number of rotatable bonds is 1. The lowest BCUT2D eigenvalue weighted by Crippen LogP contribution is -2.41. The number of hydrogen-bond donors (Lipinski definition) is 0. The monoisotopic (exact) mass is 278 g/mol. The number of allylic oxidation sites excluding steroid dienone is 5. The number of ketones is 3. The van der Waals surface area contributed by atoms with Crippen molar-refractivity contribution in [3.63, 3.8) is 0 Å². The Hall–Kier alpha value is -2.55. The van der Waals surface area contributed by atoms with Crippen LogP contribution in [0.15, 0.2) is 53.6 Å². The first kappa shape index (κ1) is 13.4. The molecule has 1 aromatic carbocycles. The van der Waals surface area contributed by atoms with Crippen LogP contribution in [-0.2, 0) is 19.8 Å². The van der Waals surface area contributed by atoms with Gasteiger partial charge in [-0.25, -0.2) is 0 Å². The minimum Gasteiger partial charge on any atom is -0.293 e. The first-order valence-electron chi connectivity index (χ1n) is 6.76. The average molecular weight is 278 g/mol. The van der Waals surface area contributed by atoms with E-state index in [4.69, 9.17) is 0 Å². The van der Waals surface area contributed by atoms with E-state index < -0.39 is 5.41 Å². The highest BCUT2D eigenvalue weighted by atomic mass is 16.1. The van der Waals surface area contributed by atoms with Gasteiger partial charge in [0.15, 0.2) is 17.3 Å². The average Bonchev–Trinajstić information content (AvgIpc) is 2.47. The Kier molecular flexibility index (Phi) is 2.87. The van der Waals surface area contributed by atoms with E-state index in [-0.39, 0.29) is 22.9 Å². The van der Waals surface area contributed by atoms with Crippen LogP contribution in [0.4, 0.5) is 0 Å². The van der Waals surface area contributed by atoms with Crippen molar-refractivity contribution in [2.45, 2.75) is 19.3 Å². The van der Waals surface area contributed by atoms with Crippen LogP contribution >= 0.6 is 0 Å². The summed E-state index contributed by atoms with van der Waals surface area (Å²) >= 11 is 0. The maximum atomic E-state index is 12.8. The fraction of sp³-hybridized carbons (Fsp3) is 0.167. The van der Waals surface area contributed by atoms with E-state index in [2.05, 4.69) is 0 Å². The first-order chi connectivity index (χ1) is 9.94. The van der Waals surface area contributed by atoms with E-state index in [0.717, 1.165) is 11.1 Å². The molecular weight excluding hydrogens is 264 g/mol. The van der Waals surface area contributed by atoms with Crippen molar-refractivity contribution in [3.05, 3.63) is 64.8 Å². The van der Waals surface area contributed by atoms with Gasteiger partial charge in [0, 0.05) is 5.57 Å². The van der Waals surface area contributed by atoms with Crippen molar-refractivity contribution in [3.8, 4) is 0 Å². The third-order valence-electron chi connectivity index (χ3n) is 4.17. The third-order valence-corrected chi connectivity index (χ3v) is 4.17. The van der Waals surface area contributed by atoms with Crippen molar-refractivity contribution in [2.75, 3.05) is 0 Å². The van der Waals surface area contributed by atoms with Gasteiger partial charge in [0.1, 0.15) is 0 Å². The SMILES string of the molecule is CC1=Cc2ccccc2[C@](C)(C2=CC(=O)C=CC2=O)C1=O. The number of benzene rings is 1. The molecule has 0 spiro atoms. The van der Waals surface area contributed by atoms with Crippen molar-refractivity contribution < 1.29 is 14.4 Å². The summed E-state index contributed by atoms with van der Waals surface area (Å²) < 4.78 is 0. The Morgan fingerprint density at radius 1 is 0.952 bits per heavy atom. The van der Waals surface area contributed by atoms with Crippen molar-refractivity contribution in [1.29, 1.82) is 0 Å². The summed E-state index contributed by atoms with van der Waals surface area (Å²) in [5, 5.41) is 0. The molecule has 0 saturated heterocycles. The van der Waals surface area contributed by atoms with Crippen LogP contribution < -0.4 is 0 Å². The predicted molar refractivity (Wildman–Crippen MR) is 79.7 cm³/mol. The molecule has 1 atom stereocenters. The van der Waals surface area contributed by atoms with Crippen molar-refractivity contribution >= 4 is 23.4 Å². The van der Waals surface area contributed by atoms with Gasteiger partial charge in [-0.3, -0.25) is 14.4 Å². The Labute approximate surface area is 122 Å². The molecule has 2 aliphatic rings. The van der Waals surface area contributed by atoms with Gasteiger partial charge in [-0.1, -0.05) is 24.3 Å². The van der Waals surface area contributed by atoms with Crippen LogP contribution in [0.25, 0.3) is 6.08 Å². The van der Waals surface area contributed by atoms with E-state index >= 15 is 0 Å². The van der Waals surface area contributed by atoms with E-state index in [1.165, 1.54) is 18.2 Å². The van der Waals surface area contributed by atoms with Gasteiger partial charge < -0.3 is 0 Å². The zero-order valence-electron chi connectivity index (χ0n) is 11.8. The summed E-state index contributed by atoms with van der Waals surface area (Å²) in [5.41, 5.74) is 1.41. The molecule has 0 aliphatic heterocycles. The molecule has 0 bridgehead atoms. The second-order valence-corrected chi connectivity index (χ2v) is 5.53. The minimum absolute atomic E-state index is 0.135. The fourth-order valence-electron chi connectivity index (χ4n) is 3.06. The van der Waals surface area contributed by atoms with Crippen LogP contribution in [0, 0.1) is 0 Å². The molecule has 3 nitrogen and oxygen atoms in total. The molecule has 0 radical (unpaired) electrons. The topological polar surface area (TPSA) is 51.2 Å². The van der Waals surface area contributed by atoms with E-state index in [9.17, 15) is 14.4 Å². The predicted octanol–water partition coefficient (Wildman–Crippen LogP) is 2.56. The zero-order chi connectivity index (χ0) is 15.2. The maximum absolute atomic E-state index is 12.8. The summed E-state index contributed by atoms with van der Waals surface area (Å²) in [6.45, 7) is 3.46. The Bertz CT molecular complexity index is 777. The van der Waals surface area contributed by atoms with Gasteiger partial charge in [0.25, 0.3) is 0 Å². The highest BCUT2D eigenvalue weighted by Crippen LogP contribution is 2.42. The highest BCUT2D eigenvalue weighted by molar-refractivity contribution is 6.24. The number of carbonyl (C=O) groups is 3. The number of hydrogen-bond acceptors (Lipinski definition) is 3. The van der Waals surface area contributed by atoms with Gasteiger partial charge in [-0.2, -0.15) is 0 Å². The molecule has 21 heavy (non-hydrogen) atoms. The molecule has 3 rings (SSSR count). The van der Waals surface area contributed by atoms with Gasteiger partial charge in [0.05, 0.1) is 5.41 Å². The van der Waals surface area contributed by atoms with Gasteiger partial charge in [-0.05, 0) is 54.9 Å². The smallest absolute Gasteiger partial charge is 0.183 e. The molecular formula is C18H14O3. The van der Waals surface area contributed by atoms with E-state index in [0.29, 0.717) is 5.57 Å². The number of Topliss-reactive ketones (excluding diaryl/α,β-unsaturated/α-hetero) is 1. The number of fused-ring (bicyclic) bond motifs is 1. The van der Waals surface area contributed by atoms with Crippen LogP contribution in [0.5, 0.6) is 0 Å². The largest absolute Gasteiger partial charge is 0.293 e. The lowest BCUT2D eigenvalue weighted by Gasteiger charge is -2.35. The standard InChI is InChI=1S/C18H14O3/c1-11-9-12-5-3-4-6-14(12)18(2,17(11)21)15-10-13(19)7-8-16(15)20/h3-10H,1-2H3/t18-/m1/s1. The normalized spacial score (nSPS) is 24.6. The molecule has 0 amide bonds. The molecule has 2 aliphatic carbocycles. The summed E-state index contributed by atoms with van der Waals surface area (Å²) in [6, 6.07) is 7.48. The van der Waals surface area contributed by atoms with Crippen molar-refractivity contribution in [2.24, 2.45) is 0 Å². The summed E-state index contributed by atoms with van der Waals surface area (Å²) in [5.74, 6) is -0.679. The van der Waals surface area contributed by atoms with Crippen LogP contribution in [0.1, 0.15) is 25.0 Å². The lowest BCUT2D eigenvalue weighted by atomic mass is 9.64. The maximum Gasteiger partial charge on any atom is 0.183 e. The fourth-order valence-corrected chi connectivity index (χ4v) is 3.06. The second-order valence-electron chi connectivity index (χ2n) is 5.53. The number of carbonyl (C=O) groups excluding carboxylic acids is 3. The molecule has 104 valence electrons. The zero-order valence-corrected chi connectivity index (χ0v) is 11.8. The van der Waals surface area contributed by atoms with Crippen LogP contribution in [-0.4, -0.2) is 17.3 Å².